The Hall–Kier alpha value is -1.28. The summed E-state index contributed by atoms with van der Waals surface area (Å²) in [4.78, 5) is 1.46. The van der Waals surface area contributed by atoms with Crippen molar-refractivity contribution in [3.05, 3.63) is 35.2 Å². The second-order valence-electron chi connectivity index (χ2n) is 6.61. The molecule has 0 amide bonds. The molecule has 1 aromatic carbocycles. The average Bonchev–Trinajstić information content (AvgIpc) is 2.98. The van der Waals surface area contributed by atoms with E-state index in [2.05, 4.69) is 30.3 Å². The highest BCUT2D eigenvalue weighted by molar-refractivity contribution is 7.20. The molecule has 1 heterocycles. The number of benzene rings is 1. The van der Waals surface area contributed by atoms with Crippen LogP contribution < -0.4 is 4.74 Å². The van der Waals surface area contributed by atoms with Gasteiger partial charge in [-0.15, -0.1) is 11.3 Å². The fraction of sp³-hybridized carbons (Fsp3) is 0.524. The first-order chi connectivity index (χ1) is 11.4. The van der Waals surface area contributed by atoms with Crippen LogP contribution in [-0.2, 0) is 0 Å². The molecule has 124 valence electrons. The standard InChI is InChI=1S/C21H28OS/c1-22-19-14-13-18-15-20(23-21(18)16-19)17-11-9-7-5-3-2-4-6-8-10-12-17/h11,13-16H,2-10,12H2,1H3/b17-11-. The molecule has 3 rings (SSSR count). The highest BCUT2D eigenvalue weighted by Crippen LogP contribution is 2.35. The largest absolute Gasteiger partial charge is 0.497 e. The molecule has 0 spiro atoms. The smallest absolute Gasteiger partial charge is 0.120 e. The summed E-state index contributed by atoms with van der Waals surface area (Å²) in [5.74, 6) is 0.957. The molecule has 0 radical (unpaired) electrons. The summed E-state index contributed by atoms with van der Waals surface area (Å²) >= 11 is 1.92. The van der Waals surface area contributed by atoms with Gasteiger partial charge in [-0.25, -0.2) is 0 Å². The molecule has 0 saturated carbocycles. The van der Waals surface area contributed by atoms with Crippen LogP contribution >= 0.6 is 11.3 Å². The average molecular weight is 329 g/mol. The molecule has 1 aliphatic carbocycles. The van der Waals surface area contributed by atoms with Crippen LogP contribution in [-0.4, -0.2) is 7.11 Å². The van der Waals surface area contributed by atoms with Gasteiger partial charge in [0.05, 0.1) is 7.11 Å². The lowest BCUT2D eigenvalue weighted by Gasteiger charge is -2.08. The van der Waals surface area contributed by atoms with Crippen LogP contribution in [0.5, 0.6) is 5.75 Å². The van der Waals surface area contributed by atoms with E-state index in [0.29, 0.717) is 0 Å². The Morgan fingerprint density at radius 1 is 0.870 bits per heavy atom. The van der Waals surface area contributed by atoms with Gasteiger partial charge >= 0.3 is 0 Å². The van der Waals surface area contributed by atoms with E-state index in [1.165, 1.54) is 79.2 Å². The second kappa shape index (κ2) is 8.54. The van der Waals surface area contributed by atoms with Gasteiger partial charge in [0.1, 0.15) is 5.75 Å². The summed E-state index contributed by atoms with van der Waals surface area (Å²) in [7, 11) is 1.74. The summed E-state index contributed by atoms with van der Waals surface area (Å²) in [6.07, 6.45) is 16.2. The number of ether oxygens (including phenoxy) is 1. The molecule has 2 aromatic rings. The Labute approximate surface area is 144 Å². The van der Waals surface area contributed by atoms with Gasteiger partial charge in [0, 0.05) is 9.58 Å². The van der Waals surface area contributed by atoms with Crippen molar-refractivity contribution in [2.75, 3.05) is 7.11 Å². The molecule has 1 aromatic heterocycles. The van der Waals surface area contributed by atoms with Gasteiger partial charge in [-0.05, 0) is 60.9 Å². The lowest BCUT2D eigenvalue weighted by atomic mass is 9.99. The molecule has 0 atom stereocenters. The third-order valence-electron chi connectivity index (χ3n) is 4.83. The minimum Gasteiger partial charge on any atom is -0.497 e. The molecule has 0 saturated heterocycles. The van der Waals surface area contributed by atoms with Crippen LogP contribution in [0.1, 0.15) is 69.1 Å². The van der Waals surface area contributed by atoms with E-state index in [-0.39, 0.29) is 0 Å². The number of fused-ring (bicyclic) bond motifs is 1. The molecule has 1 nitrogen and oxygen atoms in total. The van der Waals surface area contributed by atoms with Gasteiger partial charge in [-0.2, -0.15) is 0 Å². The number of allylic oxidation sites excluding steroid dienone is 2. The van der Waals surface area contributed by atoms with Gasteiger partial charge < -0.3 is 4.74 Å². The molecule has 2 heteroatoms. The first-order valence-electron chi connectivity index (χ1n) is 9.14. The van der Waals surface area contributed by atoms with Crippen molar-refractivity contribution in [3.63, 3.8) is 0 Å². The van der Waals surface area contributed by atoms with Crippen molar-refractivity contribution in [2.24, 2.45) is 0 Å². The third kappa shape index (κ3) is 4.60. The van der Waals surface area contributed by atoms with Crippen molar-refractivity contribution in [2.45, 2.75) is 64.2 Å². The topological polar surface area (TPSA) is 9.23 Å². The van der Waals surface area contributed by atoms with Crippen LogP contribution in [0.2, 0.25) is 0 Å². The lowest BCUT2D eigenvalue weighted by Crippen LogP contribution is -1.87. The quantitative estimate of drug-likeness (QED) is 0.566. The van der Waals surface area contributed by atoms with Crippen molar-refractivity contribution in [3.8, 4) is 5.75 Å². The zero-order chi connectivity index (χ0) is 15.9. The van der Waals surface area contributed by atoms with Gasteiger partial charge in [-0.1, -0.05) is 44.6 Å². The highest BCUT2D eigenvalue weighted by atomic mass is 32.1. The Bertz CT molecular complexity index is 653. The molecule has 0 bridgehead atoms. The number of thiophene rings is 1. The van der Waals surface area contributed by atoms with Crippen LogP contribution in [0.25, 0.3) is 15.7 Å². The molecule has 0 fully saturated rings. The summed E-state index contributed by atoms with van der Waals surface area (Å²) < 4.78 is 6.70. The SMILES string of the molecule is COc1ccc2cc(/C3=C\CCCCCCCCCC3)sc2c1. The van der Waals surface area contributed by atoms with Crippen molar-refractivity contribution < 1.29 is 4.74 Å². The van der Waals surface area contributed by atoms with E-state index in [1.807, 2.05) is 11.3 Å². The maximum absolute atomic E-state index is 5.36. The van der Waals surface area contributed by atoms with Crippen LogP contribution in [0, 0.1) is 0 Å². The van der Waals surface area contributed by atoms with E-state index in [1.54, 1.807) is 12.7 Å². The molecule has 0 aliphatic heterocycles. The predicted molar refractivity (Wildman–Crippen MR) is 103 cm³/mol. The molecular formula is C21H28OS. The number of rotatable bonds is 2. The first-order valence-corrected chi connectivity index (χ1v) is 9.95. The van der Waals surface area contributed by atoms with E-state index >= 15 is 0 Å². The maximum Gasteiger partial charge on any atom is 0.120 e. The Kier molecular flexibility index (Phi) is 6.15. The minimum absolute atomic E-state index is 0.957. The van der Waals surface area contributed by atoms with Gasteiger partial charge in [0.15, 0.2) is 0 Å². The molecule has 1 aliphatic rings. The van der Waals surface area contributed by atoms with Crippen molar-refractivity contribution in [1.29, 1.82) is 0 Å². The van der Waals surface area contributed by atoms with Crippen molar-refractivity contribution >= 4 is 27.0 Å². The number of hydrogen-bond donors (Lipinski definition) is 0. The Morgan fingerprint density at radius 2 is 1.61 bits per heavy atom. The highest BCUT2D eigenvalue weighted by Gasteiger charge is 2.08. The van der Waals surface area contributed by atoms with Gasteiger partial charge in [-0.3, -0.25) is 0 Å². The van der Waals surface area contributed by atoms with E-state index in [4.69, 9.17) is 4.74 Å². The molecular weight excluding hydrogens is 300 g/mol. The van der Waals surface area contributed by atoms with Crippen LogP contribution in [0.4, 0.5) is 0 Å². The monoisotopic (exact) mass is 328 g/mol. The zero-order valence-electron chi connectivity index (χ0n) is 14.3. The summed E-state index contributed by atoms with van der Waals surface area (Å²) in [6.45, 7) is 0. The van der Waals surface area contributed by atoms with Crippen LogP contribution in [0.3, 0.4) is 0 Å². The lowest BCUT2D eigenvalue weighted by molar-refractivity contribution is 0.415. The fourth-order valence-electron chi connectivity index (χ4n) is 3.42. The number of hydrogen-bond acceptors (Lipinski definition) is 2. The van der Waals surface area contributed by atoms with E-state index < -0.39 is 0 Å². The van der Waals surface area contributed by atoms with E-state index in [0.717, 1.165) is 5.75 Å². The third-order valence-corrected chi connectivity index (χ3v) is 6.01. The first kappa shape index (κ1) is 16.6. The molecule has 23 heavy (non-hydrogen) atoms. The number of methoxy groups -OCH3 is 1. The Morgan fingerprint density at radius 3 is 2.39 bits per heavy atom. The van der Waals surface area contributed by atoms with Crippen LogP contribution in [0.15, 0.2) is 30.3 Å². The summed E-state index contributed by atoms with van der Waals surface area (Å²) in [5.41, 5.74) is 1.57. The zero-order valence-corrected chi connectivity index (χ0v) is 15.1. The minimum atomic E-state index is 0.957. The fourth-order valence-corrected chi connectivity index (χ4v) is 4.58. The van der Waals surface area contributed by atoms with Gasteiger partial charge in [0.2, 0.25) is 0 Å². The second-order valence-corrected chi connectivity index (χ2v) is 7.69. The molecule has 0 N–H and O–H groups in total. The predicted octanol–water partition coefficient (Wildman–Crippen LogP) is 7.21. The van der Waals surface area contributed by atoms with Crippen molar-refractivity contribution in [1.82, 2.24) is 0 Å². The normalized spacial score (nSPS) is 20.3. The maximum atomic E-state index is 5.36. The van der Waals surface area contributed by atoms with E-state index in [9.17, 15) is 0 Å². The molecule has 0 unspecified atom stereocenters. The Balaban J connectivity index is 1.80. The van der Waals surface area contributed by atoms with Gasteiger partial charge in [0.25, 0.3) is 0 Å². The summed E-state index contributed by atoms with van der Waals surface area (Å²) in [6, 6.07) is 8.79. The summed E-state index contributed by atoms with van der Waals surface area (Å²) in [5, 5.41) is 1.35.